The summed E-state index contributed by atoms with van der Waals surface area (Å²) in [6.07, 6.45) is -2.25. The van der Waals surface area contributed by atoms with Gasteiger partial charge < -0.3 is 25.6 Å². The first kappa shape index (κ1) is 25.4. The van der Waals surface area contributed by atoms with Gasteiger partial charge in [-0.3, -0.25) is 4.79 Å². The van der Waals surface area contributed by atoms with Crippen LogP contribution in [0.1, 0.15) is 33.6 Å². The van der Waals surface area contributed by atoms with Gasteiger partial charge in [-0.25, -0.2) is 9.78 Å². The minimum absolute atomic E-state index is 0.0341. The Labute approximate surface area is 201 Å². The maximum absolute atomic E-state index is 12.6. The smallest absolute Gasteiger partial charge is 0.407 e. The molecule has 2 heterocycles. The number of anilines is 4. The number of aromatic nitrogens is 2. The topological polar surface area (TPSA) is 108 Å². The van der Waals surface area contributed by atoms with Crippen LogP contribution in [0.2, 0.25) is 5.15 Å². The highest BCUT2D eigenvalue weighted by atomic mass is 35.5. The summed E-state index contributed by atoms with van der Waals surface area (Å²) in [5, 5.41) is 8.24. The summed E-state index contributed by atoms with van der Waals surface area (Å²) in [6, 6.07) is 7.87. The van der Waals surface area contributed by atoms with Crippen molar-refractivity contribution < 1.29 is 23.1 Å². The van der Waals surface area contributed by atoms with Gasteiger partial charge in [0.15, 0.2) is 0 Å². The number of alkyl halides is 2. The Hall–Kier alpha value is -3.21. The molecule has 1 aliphatic heterocycles. The van der Waals surface area contributed by atoms with Crippen LogP contribution in [0.5, 0.6) is 0 Å². The van der Waals surface area contributed by atoms with E-state index in [1.165, 1.54) is 12.1 Å². The van der Waals surface area contributed by atoms with E-state index in [1.54, 1.807) is 18.2 Å². The van der Waals surface area contributed by atoms with Crippen molar-refractivity contribution in [3.05, 3.63) is 35.5 Å². The zero-order valence-corrected chi connectivity index (χ0v) is 19.8. The second-order valence-electron chi connectivity index (χ2n) is 8.74. The van der Waals surface area contributed by atoms with Crippen molar-refractivity contribution in [2.24, 2.45) is 0 Å². The molecule has 34 heavy (non-hydrogen) atoms. The third-order valence-electron chi connectivity index (χ3n) is 4.83. The predicted molar refractivity (Wildman–Crippen MR) is 126 cm³/mol. The van der Waals surface area contributed by atoms with Gasteiger partial charge in [-0.05, 0) is 45.7 Å². The lowest BCUT2D eigenvalue weighted by Gasteiger charge is -2.33. The first-order valence-electron chi connectivity index (χ1n) is 10.7. The highest BCUT2D eigenvalue weighted by Gasteiger charge is 2.25. The molecule has 0 aliphatic carbocycles. The minimum atomic E-state index is -3.14. The Bertz CT molecular complexity index is 1030. The fourth-order valence-electron chi connectivity index (χ4n) is 3.34. The van der Waals surface area contributed by atoms with Gasteiger partial charge in [-0.2, -0.15) is 13.8 Å². The van der Waals surface area contributed by atoms with Crippen LogP contribution in [0.3, 0.4) is 0 Å². The molecule has 1 fully saturated rings. The third-order valence-corrected chi connectivity index (χ3v) is 5.02. The van der Waals surface area contributed by atoms with E-state index >= 15 is 0 Å². The van der Waals surface area contributed by atoms with Crippen molar-refractivity contribution in [1.29, 1.82) is 0 Å². The molecule has 1 aliphatic rings. The largest absolute Gasteiger partial charge is 0.444 e. The molecule has 9 nitrogen and oxygen atoms in total. The number of ether oxygens (including phenoxy) is 1. The summed E-state index contributed by atoms with van der Waals surface area (Å²) in [7, 11) is 0. The van der Waals surface area contributed by atoms with Gasteiger partial charge in [0.05, 0.1) is 11.4 Å². The lowest BCUT2D eigenvalue weighted by Crippen LogP contribution is -2.46. The molecule has 3 rings (SSSR count). The van der Waals surface area contributed by atoms with Gasteiger partial charge in [0, 0.05) is 25.2 Å². The molecule has 12 heteroatoms. The van der Waals surface area contributed by atoms with E-state index in [0.29, 0.717) is 43.4 Å². The van der Waals surface area contributed by atoms with Gasteiger partial charge >= 0.3 is 12.5 Å². The van der Waals surface area contributed by atoms with E-state index in [9.17, 15) is 18.4 Å². The molecule has 0 bridgehead atoms. The van der Waals surface area contributed by atoms with Gasteiger partial charge in [0.25, 0.3) is 5.91 Å². The average molecular weight is 497 g/mol. The van der Waals surface area contributed by atoms with E-state index < -0.39 is 24.0 Å². The van der Waals surface area contributed by atoms with Crippen molar-refractivity contribution in [2.75, 3.05) is 28.6 Å². The van der Waals surface area contributed by atoms with Crippen LogP contribution >= 0.6 is 11.6 Å². The van der Waals surface area contributed by atoms with Crippen molar-refractivity contribution >= 4 is 46.7 Å². The van der Waals surface area contributed by atoms with Crippen LogP contribution in [0.25, 0.3) is 0 Å². The molecule has 0 atom stereocenters. The lowest BCUT2D eigenvalue weighted by atomic mass is 10.1. The molecular weight excluding hydrogens is 470 g/mol. The Morgan fingerprint density at radius 2 is 1.79 bits per heavy atom. The standard InChI is InChI=1S/C22H27ClF2N6O3/c1-22(2,3)34-21(33)26-13-8-10-31(11-9-13)20-29-16(23)12-17(30-20)27-14-6-4-5-7-15(14)28-19(32)18(24)25/h4-7,12-13,18H,8-11H2,1-3H3,(H,26,33)(H,28,32)(H,27,29,30). The average Bonchev–Trinajstić information content (AvgIpc) is 2.73. The SMILES string of the molecule is CC(C)(C)OC(=O)NC1CCN(c2nc(Cl)cc(Nc3ccccc3NC(=O)C(F)F)n2)CC1. The van der Waals surface area contributed by atoms with Gasteiger partial charge in [-0.15, -0.1) is 0 Å². The number of benzene rings is 1. The van der Waals surface area contributed by atoms with E-state index in [4.69, 9.17) is 16.3 Å². The number of hydrogen-bond donors (Lipinski definition) is 3. The molecule has 3 N–H and O–H groups in total. The number of alkyl carbamates (subject to hydrolysis) is 1. The Kier molecular flexibility index (Phi) is 8.08. The van der Waals surface area contributed by atoms with Crippen molar-refractivity contribution in [2.45, 2.75) is 51.7 Å². The molecule has 0 spiro atoms. The van der Waals surface area contributed by atoms with Crippen LogP contribution in [0, 0.1) is 0 Å². The number of carbonyl (C=O) groups is 2. The Balaban J connectivity index is 1.66. The molecule has 2 amide bonds. The van der Waals surface area contributed by atoms with Gasteiger partial charge in [0.2, 0.25) is 5.95 Å². The number of nitrogens with zero attached hydrogens (tertiary/aromatic N) is 3. The van der Waals surface area contributed by atoms with E-state index in [2.05, 4.69) is 25.9 Å². The number of hydrogen-bond acceptors (Lipinski definition) is 7. The number of carbonyl (C=O) groups excluding carboxylic acids is 2. The van der Waals surface area contributed by atoms with Crippen LogP contribution in [0.15, 0.2) is 30.3 Å². The normalized spacial score (nSPS) is 14.6. The number of amides is 2. The minimum Gasteiger partial charge on any atom is -0.444 e. The second-order valence-corrected chi connectivity index (χ2v) is 9.13. The fourth-order valence-corrected chi connectivity index (χ4v) is 3.51. The summed E-state index contributed by atoms with van der Waals surface area (Å²) in [5.74, 6) is -0.680. The summed E-state index contributed by atoms with van der Waals surface area (Å²) >= 11 is 6.20. The predicted octanol–water partition coefficient (Wildman–Crippen LogP) is 4.57. The molecule has 0 saturated carbocycles. The maximum atomic E-state index is 12.6. The Morgan fingerprint density at radius 3 is 2.41 bits per heavy atom. The number of halogens is 3. The molecule has 1 aromatic carbocycles. The summed E-state index contributed by atoms with van der Waals surface area (Å²) in [6.45, 7) is 6.59. The third kappa shape index (κ3) is 7.41. The van der Waals surface area contributed by atoms with Crippen molar-refractivity contribution in [3.63, 3.8) is 0 Å². The van der Waals surface area contributed by atoms with E-state index in [0.717, 1.165) is 0 Å². The lowest BCUT2D eigenvalue weighted by molar-refractivity contribution is -0.126. The van der Waals surface area contributed by atoms with Crippen LogP contribution < -0.4 is 20.9 Å². The van der Waals surface area contributed by atoms with Crippen LogP contribution in [0.4, 0.5) is 36.7 Å². The molecule has 1 aromatic heterocycles. The molecule has 0 unspecified atom stereocenters. The molecule has 1 saturated heterocycles. The highest BCUT2D eigenvalue weighted by molar-refractivity contribution is 6.29. The van der Waals surface area contributed by atoms with Crippen molar-refractivity contribution in [3.8, 4) is 0 Å². The molecule has 0 radical (unpaired) electrons. The quantitative estimate of drug-likeness (QED) is 0.502. The maximum Gasteiger partial charge on any atom is 0.407 e. The highest BCUT2D eigenvalue weighted by Crippen LogP contribution is 2.27. The fraction of sp³-hybridized carbons (Fsp3) is 0.455. The number of piperidine rings is 1. The molecular formula is C22H27ClF2N6O3. The van der Waals surface area contributed by atoms with Gasteiger partial charge in [-0.1, -0.05) is 23.7 Å². The first-order valence-corrected chi connectivity index (χ1v) is 11.1. The monoisotopic (exact) mass is 496 g/mol. The van der Waals surface area contributed by atoms with Crippen molar-refractivity contribution in [1.82, 2.24) is 15.3 Å². The number of rotatable bonds is 6. The number of para-hydroxylation sites is 2. The van der Waals surface area contributed by atoms with Gasteiger partial charge in [0.1, 0.15) is 16.6 Å². The van der Waals surface area contributed by atoms with Crippen LogP contribution in [-0.4, -0.2) is 53.1 Å². The molecule has 184 valence electrons. The summed E-state index contributed by atoms with van der Waals surface area (Å²) < 4.78 is 30.6. The number of nitrogens with one attached hydrogen (secondary N) is 3. The second kappa shape index (κ2) is 10.8. The zero-order chi connectivity index (χ0) is 24.9. The summed E-state index contributed by atoms with van der Waals surface area (Å²) in [5.41, 5.74) is -0.0143. The molecule has 2 aromatic rings. The zero-order valence-electron chi connectivity index (χ0n) is 19.1. The van der Waals surface area contributed by atoms with Crippen LogP contribution in [-0.2, 0) is 9.53 Å². The van der Waals surface area contributed by atoms with E-state index in [1.807, 2.05) is 25.7 Å². The Morgan fingerprint density at radius 1 is 1.15 bits per heavy atom. The summed E-state index contributed by atoms with van der Waals surface area (Å²) in [4.78, 5) is 34.1. The van der Waals surface area contributed by atoms with E-state index in [-0.39, 0.29) is 16.9 Å². The first-order chi connectivity index (χ1) is 16.0.